The lowest BCUT2D eigenvalue weighted by Crippen LogP contribution is -2.39. The van der Waals surface area contributed by atoms with Gasteiger partial charge in [-0.2, -0.15) is 0 Å². The standard InChI is InChI=1S/C16H19F2NO2/c17-9-1-6-12(15(18)7-9)13-8-14(13)16(21)19-10-2-4-11(20)5-3-10/h1,6-7,10-11,13-14,20H,2-5,8H2,(H,19,21). The largest absolute Gasteiger partial charge is 0.393 e. The van der Waals surface area contributed by atoms with Crippen LogP contribution in [0.3, 0.4) is 0 Å². The van der Waals surface area contributed by atoms with E-state index in [0.29, 0.717) is 24.8 Å². The molecule has 114 valence electrons. The van der Waals surface area contributed by atoms with Gasteiger partial charge in [-0.1, -0.05) is 6.07 Å². The van der Waals surface area contributed by atoms with Crippen LogP contribution in [-0.4, -0.2) is 23.2 Å². The van der Waals surface area contributed by atoms with Crippen LogP contribution in [-0.2, 0) is 4.79 Å². The van der Waals surface area contributed by atoms with E-state index in [1.54, 1.807) is 0 Å². The molecule has 0 spiro atoms. The molecular formula is C16H19F2NO2. The maximum atomic E-state index is 13.7. The van der Waals surface area contributed by atoms with Crippen LogP contribution in [0.25, 0.3) is 0 Å². The van der Waals surface area contributed by atoms with Gasteiger partial charge in [0.2, 0.25) is 5.91 Å². The Kier molecular flexibility index (Phi) is 3.93. The van der Waals surface area contributed by atoms with Crippen LogP contribution in [0.15, 0.2) is 18.2 Å². The average molecular weight is 295 g/mol. The Labute approximate surface area is 122 Å². The lowest BCUT2D eigenvalue weighted by Gasteiger charge is -2.26. The zero-order valence-electron chi connectivity index (χ0n) is 11.7. The third kappa shape index (κ3) is 3.23. The minimum absolute atomic E-state index is 0.0508. The molecule has 2 N–H and O–H groups in total. The molecular weight excluding hydrogens is 276 g/mol. The van der Waals surface area contributed by atoms with Gasteiger partial charge in [-0.3, -0.25) is 4.79 Å². The first kappa shape index (κ1) is 14.4. The molecule has 0 radical (unpaired) electrons. The van der Waals surface area contributed by atoms with Crippen molar-refractivity contribution in [2.24, 2.45) is 5.92 Å². The van der Waals surface area contributed by atoms with Crippen molar-refractivity contribution in [2.75, 3.05) is 0 Å². The Bertz CT molecular complexity index is 541. The highest BCUT2D eigenvalue weighted by atomic mass is 19.1. The molecule has 0 bridgehead atoms. The second kappa shape index (κ2) is 5.72. The van der Waals surface area contributed by atoms with Crippen LogP contribution in [0.5, 0.6) is 0 Å². The highest BCUT2D eigenvalue weighted by Gasteiger charge is 2.45. The van der Waals surface area contributed by atoms with E-state index in [1.807, 2.05) is 0 Å². The average Bonchev–Trinajstić information content (AvgIpc) is 3.21. The second-order valence-corrected chi connectivity index (χ2v) is 6.13. The molecule has 2 unspecified atom stereocenters. The number of carbonyl (C=O) groups excluding carboxylic acids is 1. The first-order valence-electron chi connectivity index (χ1n) is 7.48. The third-order valence-electron chi connectivity index (χ3n) is 4.53. The number of aliphatic hydroxyl groups excluding tert-OH is 1. The highest BCUT2D eigenvalue weighted by Crippen LogP contribution is 2.48. The molecule has 0 heterocycles. The fourth-order valence-corrected chi connectivity index (χ4v) is 3.16. The molecule has 2 aliphatic carbocycles. The van der Waals surface area contributed by atoms with Crippen molar-refractivity contribution in [3.8, 4) is 0 Å². The normalized spacial score (nSPS) is 31.8. The van der Waals surface area contributed by atoms with E-state index in [4.69, 9.17) is 0 Å². The fraction of sp³-hybridized carbons (Fsp3) is 0.562. The van der Waals surface area contributed by atoms with Crippen LogP contribution in [0.4, 0.5) is 8.78 Å². The quantitative estimate of drug-likeness (QED) is 0.900. The summed E-state index contributed by atoms with van der Waals surface area (Å²) in [6.45, 7) is 0. The number of hydrogen-bond donors (Lipinski definition) is 2. The van der Waals surface area contributed by atoms with Gasteiger partial charge in [-0.25, -0.2) is 8.78 Å². The molecule has 3 nitrogen and oxygen atoms in total. The molecule has 0 saturated heterocycles. The maximum absolute atomic E-state index is 13.7. The summed E-state index contributed by atoms with van der Waals surface area (Å²) in [7, 11) is 0. The second-order valence-electron chi connectivity index (χ2n) is 6.13. The van der Waals surface area contributed by atoms with E-state index in [-0.39, 0.29) is 29.9 Å². The van der Waals surface area contributed by atoms with Gasteiger partial charge >= 0.3 is 0 Å². The zero-order chi connectivity index (χ0) is 15.0. The molecule has 2 fully saturated rings. The molecule has 0 aliphatic heterocycles. The van der Waals surface area contributed by atoms with Crippen molar-refractivity contribution < 1.29 is 18.7 Å². The summed E-state index contributed by atoms with van der Waals surface area (Å²) in [5.41, 5.74) is 0.426. The Morgan fingerprint density at radius 1 is 1.19 bits per heavy atom. The van der Waals surface area contributed by atoms with Crippen LogP contribution in [0, 0.1) is 17.6 Å². The molecule has 1 aromatic carbocycles. The lowest BCUT2D eigenvalue weighted by atomic mass is 9.93. The summed E-state index contributed by atoms with van der Waals surface area (Å²) in [5, 5.41) is 12.4. The first-order valence-corrected chi connectivity index (χ1v) is 7.48. The number of benzene rings is 1. The Morgan fingerprint density at radius 2 is 1.90 bits per heavy atom. The summed E-state index contributed by atoms with van der Waals surface area (Å²) < 4.78 is 26.6. The Balaban J connectivity index is 1.56. The van der Waals surface area contributed by atoms with E-state index < -0.39 is 11.6 Å². The van der Waals surface area contributed by atoms with Gasteiger partial charge in [-0.05, 0) is 49.7 Å². The number of amides is 1. The third-order valence-corrected chi connectivity index (χ3v) is 4.53. The van der Waals surface area contributed by atoms with Crippen molar-refractivity contribution >= 4 is 5.91 Å². The van der Waals surface area contributed by atoms with Crippen LogP contribution < -0.4 is 5.32 Å². The van der Waals surface area contributed by atoms with Crippen LogP contribution >= 0.6 is 0 Å². The van der Waals surface area contributed by atoms with Crippen LogP contribution in [0.2, 0.25) is 0 Å². The zero-order valence-corrected chi connectivity index (χ0v) is 11.7. The van der Waals surface area contributed by atoms with Gasteiger partial charge in [0, 0.05) is 18.0 Å². The van der Waals surface area contributed by atoms with Crippen molar-refractivity contribution in [3.05, 3.63) is 35.4 Å². The number of nitrogens with one attached hydrogen (secondary N) is 1. The number of hydrogen-bond acceptors (Lipinski definition) is 2. The summed E-state index contributed by atoms with van der Waals surface area (Å²) in [4.78, 5) is 12.1. The minimum atomic E-state index is -0.598. The summed E-state index contributed by atoms with van der Waals surface area (Å²) >= 11 is 0. The number of carbonyl (C=O) groups is 1. The molecule has 1 amide bonds. The van der Waals surface area contributed by atoms with Crippen molar-refractivity contribution in [3.63, 3.8) is 0 Å². The Hall–Kier alpha value is -1.49. The highest BCUT2D eigenvalue weighted by molar-refractivity contribution is 5.83. The van der Waals surface area contributed by atoms with Crippen molar-refractivity contribution in [2.45, 2.75) is 50.2 Å². The molecule has 2 saturated carbocycles. The molecule has 0 aromatic heterocycles. The van der Waals surface area contributed by atoms with E-state index in [1.165, 1.54) is 12.1 Å². The van der Waals surface area contributed by atoms with Gasteiger partial charge in [0.25, 0.3) is 0 Å². The van der Waals surface area contributed by atoms with E-state index in [0.717, 1.165) is 18.9 Å². The van der Waals surface area contributed by atoms with Gasteiger partial charge in [0.05, 0.1) is 6.10 Å². The lowest BCUT2D eigenvalue weighted by molar-refractivity contribution is -0.123. The predicted octanol–water partition coefficient (Wildman–Crippen LogP) is 2.49. The minimum Gasteiger partial charge on any atom is -0.393 e. The topological polar surface area (TPSA) is 49.3 Å². The van der Waals surface area contributed by atoms with Gasteiger partial charge in [-0.15, -0.1) is 0 Å². The number of aliphatic hydroxyl groups is 1. The summed E-state index contributed by atoms with van der Waals surface area (Å²) in [5.74, 6) is -1.57. The monoisotopic (exact) mass is 295 g/mol. The molecule has 2 atom stereocenters. The summed E-state index contributed by atoms with van der Waals surface area (Å²) in [6.07, 6.45) is 3.37. The smallest absolute Gasteiger partial charge is 0.223 e. The van der Waals surface area contributed by atoms with Crippen molar-refractivity contribution in [1.82, 2.24) is 5.32 Å². The number of rotatable bonds is 3. The molecule has 3 rings (SSSR count). The summed E-state index contributed by atoms with van der Waals surface area (Å²) in [6, 6.07) is 3.64. The van der Waals surface area contributed by atoms with Gasteiger partial charge < -0.3 is 10.4 Å². The van der Waals surface area contributed by atoms with Gasteiger partial charge in [0.15, 0.2) is 0 Å². The van der Waals surface area contributed by atoms with Crippen LogP contribution in [0.1, 0.15) is 43.6 Å². The van der Waals surface area contributed by atoms with Gasteiger partial charge in [0.1, 0.15) is 11.6 Å². The van der Waals surface area contributed by atoms with E-state index in [2.05, 4.69) is 5.32 Å². The van der Waals surface area contributed by atoms with Crippen molar-refractivity contribution in [1.29, 1.82) is 0 Å². The molecule has 2 aliphatic rings. The Morgan fingerprint density at radius 3 is 2.57 bits per heavy atom. The fourth-order valence-electron chi connectivity index (χ4n) is 3.16. The SMILES string of the molecule is O=C(NC1CCC(O)CC1)C1CC1c1ccc(F)cc1F. The van der Waals surface area contributed by atoms with E-state index >= 15 is 0 Å². The first-order chi connectivity index (χ1) is 10.0. The molecule has 1 aromatic rings. The maximum Gasteiger partial charge on any atom is 0.223 e. The number of halogens is 2. The predicted molar refractivity (Wildman–Crippen MR) is 73.6 cm³/mol. The molecule has 21 heavy (non-hydrogen) atoms. The molecule has 5 heteroatoms. The van der Waals surface area contributed by atoms with E-state index in [9.17, 15) is 18.7 Å².